The summed E-state index contributed by atoms with van der Waals surface area (Å²) < 4.78 is 5.35. The van der Waals surface area contributed by atoms with E-state index in [0.717, 1.165) is 12.8 Å². The Morgan fingerprint density at radius 3 is 2.82 bits per heavy atom. The molecule has 1 fully saturated rings. The molecule has 22 heavy (non-hydrogen) atoms. The Kier molecular flexibility index (Phi) is 6.32. The van der Waals surface area contributed by atoms with Gasteiger partial charge < -0.3 is 9.64 Å². The third-order valence-corrected chi connectivity index (χ3v) is 6.06. The summed E-state index contributed by atoms with van der Waals surface area (Å²) >= 11 is 3.08. The van der Waals surface area contributed by atoms with E-state index < -0.39 is 6.04 Å². The van der Waals surface area contributed by atoms with Gasteiger partial charge in [0.25, 0.3) is 5.91 Å². The number of hydrogen-bond acceptors (Lipinski definition) is 5. The fraction of sp³-hybridized carbons (Fsp3) is 0.625. The van der Waals surface area contributed by atoms with Gasteiger partial charge in [-0.25, -0.2) is 4.79 Å². The van der Waals surface area contributed by atoms with Crippen LogP contribution in [0.15, 0.2) is 17.5 Å². The van der Waals surface area contributed by atoms with E-state index in [1.165, 1.54) is 11.3 Å². The van der Waals surface area contributed by atoms with Gasteiger partial charge in [-0.15, -0.1) is 23.1 Å². The van der Waals surface area contributed by atoms with Crippen molar-refractivity contribution in [3.8, 4) is 0 Å². The fourth-order valence-electron chi connectivity index (χ4n) is 2.42. The molecule has 1 amide bonds. The lowest BCUT2D eigenvalue weighted by Gasteiger charge is -2.30. The van der Waals surface area contributed by atoms with Crippen LogP contribution in [-0.2, 0) is 9.53 Å². The zero-order valence-electron chi connectivity index (χ0n) is 13.3. The molecule has 2 rings (SSSR count). The number of ether oxygens (including phenoxy) is 1. The number of amides is 1. The normalized spacial score (nSPS) is 21.4. The molecule has 2 unspecified atom stereocenters. The highest BCUT2D eigenvalue weighted by Crippen LogP contribution is 2.36. The van der Waals surface area contributed by atoms with Gasteiger partial charge in [-0.1, -0.05) is 33.3 Å². The van der Waals surface area contributed by atoms with Crippen molar-refractivity contribution in [1.82, 2.24) is 4.90 Å². The number of hydrogen-bond donors (Lipinski definition) is 0. The minimum Gasteiger partial charge on any atom is -0.464 e. The van der Waals surface area contributed by atoms with Crippen molar-refractivity contribution in [3.05, 3.63) is 22.4 Å². The molecule has 0 aromatic carbocycles. The molecule has 1 aliphatic heterocycles. The first-order valence-electron chi connectivity index (χ1n) is 7.70. The van der Waals surface area contributed by atoms with E-state index in [4.69, 9.17) is 4.74 Å². The van der Waals surface area contributed by atoms with Crippen LogP contribution in [0.3, 0.4) is 0 Å². The van der Waals surface area contributed by atoms with E-state index >= 15 is 0 Å². The summed E-state index contributed by atoms with van der Waals surface area (Å²) in [4.78, 5) is 27.5. The second-order valence-corrected chi connectivity index (χ2v) is 7.79. The summed E-state index contributed by atoms with van der Waals surface area (Å²) in [6.07, 6.45) is 1.84. The number of nitrogens with zero attached hydrogens (tertiary/aromatic N) is 1. The Morgan fingerprint density at radius 2 is 2.23 bits per heavy atom. The van der Waals surface area contributed by atoms with Crippen molar-refractivity contribution in [1.29, 1.82) is 0 Å². The molecular weight excluding hydrogens is 318 g/mol. The van der Waals surface area contributed by atoms with Crippen LogP contribution in [0.25, 0.3) is 0 Å². The number of thioether (sulfide) groups is 1. The highest BCUT2D eigenvalue weighted by Gasteiger charge is 2.44. The van der Waals surface area contributed by atoms with E-state index in [2.05, 4.69) is 20.8 Å². The average Bonchev–Trinajstić information content (AvgIpc) is 3.16. The van der Waals surface area contributed by atoms with Crippen molar-refractivity contribution in [3.63, 3.8) is 0 Å². The van der Waals surface area contributed by atoms with Gasteiger partial charge in [-0.3, -0.25) is 4.79 Å². The predicted molar refractivity (Wildman–Crippen MR) is 91.2 cm³/mol. The maximum absolute atomic E-state index is 12.8. The number of rotatable bonds is 6. The first kappa shape index (κ1) is 17.3. The zero-order valence-corrected chi connectivity index (χ0v) is 14.9. The Morgan fingerprint density at radius 1 is 1.45 bits per heavy atom. The smallest absolute Gasteiger partial charge is 0.329 e. The molecule has 0 radical (unpaired) electrons. The number of thiophene rings is 1. The summed E-state index contributed by atoms with van der Waals surface area (Å²) in [5.41, 5.74) is 0. The molecule has 0 saturated carbocycles. The molecule has 0 aliphatic carbocycles. The van der Waals surface area contributed by atoms with Gasteiger partial charge in [0.15, 0.2) is 0 Å². The molecule has 0 bridgehead atoms. The Labute approximate surface area is 140 Å². The van der Waals surface area contributed by atoms with E-state index in [1.54, 1.807) is 16.7 Å². The summed E-state index contributed by atoms with van der Waals surface area (Å²) in [6.45, 7) is 6.65. The second-order valence-electron chi connectivity index (χ2n) is 5.69. The van der Waals surface area contributed by atoms with Crippen LogP contribution in [-0.4, -0.2) is 40.6 Å². The minimum absolute atomic E-state index is 0.0262. The molecule has 1 saturated heterocycles. The minimum atomic E-state index is -0.469. The van der Waals surface area contributed by atoms with Crippen molar-refractivity contribution in [2.75, 3.05) is 12.4 Å². The summed E-state index contributed by atoms with van der Waals surface area (Å²) in [7, 11) is 0. The van der Waals surface area contributed by atoms with Crippen molar-refractivity contribution in [2.45, 2.75) is 45.0 Å². The topological polar surface area (TPSA) is 46.6 Å². The Bertz CT molecular complexity index is 501. The first-order chi connectivity index (χ1) is 10.6. The third-order valence-electron chi connectivity index (χ3n) is 3.59. The maximum atomic E-state index is 12.8. The molecule has 1 aromatic rings. The van der Waals surface area contributed by atoms with Gasteiger partial charge in [0, 0.05) is 5.75 Å². The van der Waals surface area contributed by atoms with Crippen LogP contribution in [0, 0.1) is 5.92 Å². The van der Waals surface area contributed by atoms with Crippen LogP contribution in [0.4, 0.5) is 0 Å². The molecule has 1 aromatic heterocycles. The Balaban J connectivity index is 2.14. The quantitative estimate of drug-likeness (QED) is 0.585. The molecule has 1 aliphatic rings. The van der Waals surface area contributed by atoms with Crippen molar-refractivity contribution >= 4 is 35.0 Å². The maximum Gasteiger partial charge on any atom is 0.329 e. The lowest BCUT2D eigenvalue weighted by molar-refractivity contribution is -0.148. The zero-order chi connectivity index (χ0) is 16.1. The predicted octanol–water partition coefficient (Wildman–Crippen LogP) is 3.63. The van der Waals surface area contributed by atoms with Gasteiger partial charge in [0.05, 0.1) is 16.9 Å². The number of carbonyl (C=O) groups is 2. The average molecular weight is 341 g/mol. The third kappa shape index (κ3) is 3.84. The highest BCUT2D eigenvalue weighted by molar-refractivity contribution is 8.00. The van der Waals surface area contributed by atoms with E-state index in [9.17, 15) is 9.59 Å². The summed E-state index contributed by atoms with van der Waals surface area (Å²) in [5.74, 6) is 0.581. The fourth-order valence-corrected chi connectivity index (χ4v) is 4.55. The van der Waals surface area contributed by atoms with Crippen LogP contribution < -0.4 is 0 Å². The molecule has 2 atom stereocenters. The molecule has 0 N–H and O–H groups in total. The number of carbonyl (C=O) groups excluding carboxylic acids is 2. The van der Waals surface area contributed by atoms with Crippen LogP contribution >= 0.6 is 23.1 Å². The van der Waals surface area contributed by atoms with Gasteiger partial charge in [0.1, 0.15) is 6.04 Å². The lowest BCUT2D eigenvalue weighted by Crippen LogP contribution is -2.47. The molecule has 6 heteroatoms. The van der Waals surface area contributed by atoms with Crippen LogP contribution in [0.1, 0.15) is 43.3 Å². The highest BCUT2D eigenvalue weighted by atomic mass is 32.2. The molecular formula is C16H23NO3S2. The van der Waals surface area contributed by atoms with Crippen LogP contribution in [0.5, 0.6) is 0 Å². The summed E-state index contributed by atoms with van der Waals surface area (Å²) in [6, 6.07) is 3.20. The Hall–Kier alpha value is -1.01. The van der Waals surface area contributed by atoms with E-state index in [0.29, 0.717) is 23.2 Å². The lowest BCUT2D eigenvalue weighted by atomic mass is 10.1. The standard InChI is InChI=1S/C16H23NO3S2/c1-4-5-8-20-16(19)12-10-22-15(11(2)3)17(12)14(18)13-7-6-9-21-13/h6-7,9,11-12,15H,4-5,8,10H2,1-3H3. The van der Waals surface area contributed by atoms with Gasteiger partial charge in [-0.05, 0) is 23.8 Å². The van der Waals surface area contributed by atoms with Gasteiger partial charge in [0.2, 0.25) is 0 Å². The van der Waals surface area contributed by atoms with Gasteiger partial charge in [-0.2, -0.15) is 0 Å². The molecule has 2 heterocycles. The van der Waals surface area contributed by atoms with E-state index in [1.807, 2.05) is 17.5 Å². The monoisotopic (exact) mass is 341 g/mol. The van der Waals surface area contributed by atoms with Crippen molar-refractivity contribution < 1.29 is 14.3 Å². The number of unbranched alkanes of at least 4 members (excludes halogenated alkanes) is 1. The van der Waals surface area contributed by atoms with E-state index in [-0.39, 0.29) is 17.3 Å². The first-order valence-corrected chi connectivity index (χ1v) is 9.63. The molecule has 122 valence electrons. The van der Waals surface area contributed by atoms with Gasteiger partial charge >= 0.3 is 5.97 Å². The van der Waals surface area contributed by atoms with Crippen molar-refractivity contribution in [2.24, 2.45) is 5.92 Å². The molecule has 4 nitrogen and oxygen atoms in total. The SMILES string of the molecule is CCCCOC(=O)C1CSC(C(C)C)N1C(=O)c1cccs1. The molecule has 0 spiro atoms. The largest absolute Gasteiger partial charge is 0.464 e. The number of esters is 1. The second kappa shape index (κ2) is 8.02. The summed E-state index contributed by atoms with van der Waals surface area (Å²) in [5, 5.41) is 1.91. The van der Waals surface area contributed by atoms with Crippen LogP contribution in [0.2, 0.25) is 0 Å².